The largest absolute Gasteiger partial charge is 0.302 e. The molecule has 3 nitrogen and oxygen atoms in total. The first-order valence-corrected chi connectivity index (χ1v) is 16.6. The van der Waals surface area contributed by atoms with Crippen molar-refractivity contribution in [2.75, 3.05) is 5.75 Å². The van der Waals surface area contributed by atoms with Gasteiger partial charge in [0.15, 0.2) is 11.0 Å². The lowest BCUT2D eigenvalue weighted by molar-refractivity contribution is 0.531. The number of benzene rings is 1. The van der Waals surface area contributed by atoms with Gasteiger partial charge in [-0.3, -0.25) is 0 Å². The van der Waals surface area contributed by atoms with E-state index in [1.54, 1.807) is 0 Å². The molecule has 0 saturated carbocycles. The first-order chi connectivity index (χ1) is 18.0. The van der Waals surface area contributed by atoms with Crippen molar-refractivity contribution in [3.8, 4) is 11.4 Å². The fourth-order valence-corrected chi connectivity index (χ4v) is 5.93. The molecule has 1 aromatic heterocycles. The molecule has 0 amide bonds. The lowest BCUT2D eigenvalue weighted by atomic mass is 9.87. The maximum absolute atomic E-state index is 4.58. The number of hydrogen-bond acceptors (Lipinski definition) is 3. The molecule has 0 N–H and O–H groups in total. The molecule has 0 radical (unpaired) electrons. The minimum Gasteiger partial charge on any atom is -0.302 e. The third kappa shape index (κ3) is 12.9. The summed E-state index contributed by atoms with van der Waals surface area (Å²) in [5.41, 5.74) is 2.70. The molecule has 37 heavy (non-hydrogen) atoms. The van der Waals surface area contributed by atoms with Crippen LogP contribution in [0.5, 0.6) is 0 Å². The van der Waals surface area contributed by atoms with E-state index in [-0.39, 0.29) is 5.41 Å². The third-order valence-corrected chi connectivity index (χ3v) is 8.46. The van der Waals surface area contributed by atoms with E-state index in [1.165, 1.54) is 114 Å². The van der Waals surface area contributed by atoms with Crippen molar-refractivity contribution in [2.45, 2.75) is 161 Å². The van der Waals surface area contributed by atoms with Gasteiger partial charge >= 0.3 is 0 Å². The molecule has 1 aromatic carbocycles. The number of unbranched alkanes of at least 4 members (excludes halogenated alkanes) is 15. The van der Waals surface area contributed by atoms with Gasteiger partial charge < -0.3 is 4.57 Å². The number of hydrogen-bond donors (Lipinski definition) is 0. The molecule has 0 unspecified atom stereocenters. The highest BCUT2D eigenvalue weighted by Crippen LogP contribution is 2.28. The molecule has 0 aliphatic carbocycles. The standard InChI is InChI=1S/C33H57N3S/c1-6-8-9-10-11-12-13-14-15-16-17-18-19-20-21-22-28-37-32-35-34-31(36(32)27-7-2)29-23-25-30(26-24-29)33(3,4)5/h23-26H,6-22,27-28H2,1-5H3. The maximum atomic E-state index is 4.58. The highest BCUT2D eigenvalue weighted by Gasteiger charge is 2.16. The Bertz CT molecular complexity index is 819. The van der Waals surface area contributed by atoms with Gasteiger partial charge in [0, 0.05) is 17.9 Å². The van der Waals surface area contributed by atoms with Crippen LogP contribution in [0.4, 0.5) is 0 Å². The molecule has 0 saturated heterocycles. The summed E-state index contributed by atoms with van der Waals surface area (Å²) in [6.45, 7) is 12.3. The molecule has 0 fully saturated rings. The highest BCUT2D eigenvalue weighted by atomic mass is 32.2. The molecule has 2 rings (SSSR count). The molecular formula is C33H57N3S. The zero-order chi connectivity index (χ0) is 26.8. The molecule has 0 spiro atoms. The van der Waals surface area contributed by atoms with Gasteiger partial charge in [-0.15, -0.1) is 10.2 Å². The normalized spacial score (nSPS) is 11.9. The Morgan fingerprint density at radius 3 is 1.57 bits per heavy atom. The van der Waals surface area contributed by atoms with E-state index in [2.05, 4.69) is 73.6 Å². The smallest absolute Gasteiger partial charge is 0.191 e. The number of aromatic nitrogens is 3. The van der Waals surface area contributed by atoms with Crippen molar-refractivity contribution in [3.63, 3.8) is 0 Å². The highest BCUT2D eigenvalue weighted by molar-refractivity contribution is 7.99. The van der Waals surface area contributed by atoms with E-state index in [1.807, 2.05) is 11.8 Å². The second kappa shape index (κ2) is 18.9. The Balaban J connectivity index is 1.56. The predicted molar refractivity (Wildman–Crippen MR) is 165 cm³/mol. The maximum Gasteiger partial charge on any atom is 0.191 e. The van der Waals surface area contributed by atoms with Crippen molar-refractivity contribution < 1.29 is 0 Å². The summed E-state index contributed by atoms with van der Waals surface area (Å²) < 4.78 is 2.32. The first-order valence-electron chi connectivity index (χ1n) is 15.6. The minimum absolute atomic E-state index is 0.170. The first kappa shape index (κ1) is 31.9. The zero-order valence-electron chi connectivity index (χ0n) is 25.0. The molecule has 210 valence electrons. The van der Waals surface area contributed by atoms with Gasteiger partial charge in [-0.05, 0) is 23.8 Å². The molecule has 1 heterocycles. The number of rotatable bonds is 21. The lowest BCUT2D eigenvalue weighted by Gasteiger charge is -2.19. The monoisotopic (exact) mass is 527 g/mol. The summed E-state index contributed by atoms with van der Waals surface area (Å²) in [5, 5.41) is 10.2. The van der Waals surface area contributed by atoms with Crippen molar-refractivity contribution in [2.24, 2.45) is 0 Å². The van der Waals surface area contributed by atoms with Crippen LogP contribution in [0.15, 0.2) is 29.4 Å². The van der Waals surface area contributed by atoms with Crippen LogP contribution in [0.3, 0.4) is 0 Å². The van der Waals surface area contributed by atoms with Crippen LogP contribution in [-0.4, -0.2) is 20.5 Å². The number of thioether (sulfide) groups is 1. The molecule has 4 heteroatoms. The van der Waals surface area contributed by atoms with Gasteiger partial charge in [-0.25, -0.2) is 0 Å². The van der Waals surface area contributed by atoms with Gasteiger partial charge in [0.2, 0.25) is 0 Å². The van der Waals surface area contributed by atoms with Gasteiger partial charge in [-0.1, -0.05) is 167 Å². The summed E-state index contributed by atoms with van der Waals surface area (Å²) in [6.07, 6.45) is 23.8. The van der Waals surface area contributed by atoms with Gasteiger partial charge in [0.1, 0.15) is 0 Å². The van der Waals surface area contributed by atoms with Crippen LogP contribution in [0.2, 0.25) is 0 Å². The van der Waals surface area contributed by atoms with E-state index in [9.17, 15) is 0 Å². The Labute approximate surface area is 234 Å². The molecule has 2 aromatic rings. The van der Waals surface area contributed by atoms with Crippen LogP contribution in [0.1, 0.15) is 149 Å². The Morgan fingerprint density at radius 2 is 1.11 bits per heavy atom. The molecule has 0 aliphatic heterocycles. The van der Waals surface area contributed by atoms with Crippen LogP contribution >= 0.6 is 11.8 Å². The van der Waals surface area contributed by atoms with Crippen LogP contribution in [-0.2, 0) is 12.0 Å². The number of nitrogens with zero attached hydrogens (tertiary/aromatic N) is 3. The van der Waals surface area contributed by atoms with E-state index >= 15 is 0 Å². The van der Waals surface area contributed by atoms with E-state index < -0.39 is 0 Å². The third-order valence-electron chi connectivity index (χ3n) is 7.40. The Hall–Kier alpha value is -1.29. The van der Waals surface area contributed by atoms with Gasteiger partial charge in [-0.2, -0.15) is 0 Å². The summed E-state index contributed by atoms with van der Waals surface area (Å²) in [7, 11) is 0. The molecule has 0 atom stereocenters. The summed E-state index contributed by atoms with van der Waals surface area (Å²) >= 11 is 1.89. The minimum atomic E-state index is 0.170. The lowest BCUT2D eigenvalue weighted by Crippen LogP contribution is -2.10. The predicted octanol–water partition coefficient (Wildman–Crippen LogP) is 11.0. The van der Waals surface area contributed by atoms with E-state index in [0.717, 1.165) is 29.7 Å². The van der Waals surface area contributed by atoms with Crippen molar-refractivity contribution in [1.82, 2.24) is 14.8 Å². The van der Waals surface area contributed by atoms with Gasteiger partial charge in [0.05, 0.1) is 0 Å². The van der Waals surface area contributed by atoms with E-state index in [4.69, 9.17) is 0 Å². The average molecular weight is 528 g/mol. The molecule has 0 bridgehead atoms. The SMILES string of the molecule is CCCCCCCCCCCCCCCCCCSc1nnc(-c2ccc(C(C)(C)C)cc2)n1CCC. The van der Waals surface area contributed by atoms with Gasteiger partial charge in [0.25, 0.3) is 0 Å². The van der Waals surface area contributed by atoms with Crippen molar-refractivity contribution >= 4 is 11.8 Å². The summed E-state index contributed by atoms with van der Waals surface area (Å²) in [6, 6.07) is 8.90. The quantitative estimate of drug-likeness (QED) is 0.119. The molecular weight excluding hydrogens is 470 g/mol. The fourth-order valence-electron chi connectivity index (χ4n) is 4.97. The summed E-state index contributed by atoms with van der Waals surface area (Å²) in [4.78, 5) is 0. The van der Waals surface area contributed by atoms with E-state index in [0.29, 0.717) is 0 Å². The summed E-state index contributed by atoms with van der Waals surface area (Å²) in [5.74, 6) is 2.15. The fraction of sp³-hybridized carbons (Fsp3) is 0.758. The van der Waals surface area contributed by atoms with Crippen molar-refractivity contribution in [1.29, 1.82) is 0 Å². The van der Waals surface area contributed by atoms with Crippen LogP contribution in [0.25, 0.3) is 11.4 Å². The Morgan fingerprint density at radius 1 is 0.622 bits per heavy atom. The topological polar surface area (TPSA) is 30.7 Å². The average Bonchev–Trinajstić information content (AvgIpc) is 3.28. The Kier molecular flexibility index (Phi) is 16.3. The van der Waals surface area contributed by atoms with Crippen LogP contribution < -0.4 is 0 Å². The zero-order valence-corrected chi connectivity index (χ0v) is 25.8. The molecule has 0 aliphatic rings. The van der Waals surface area contributed by atoms with Crippen LogP contribution in [0, 0.1) is 0 Å². The van der Waals surface area contributed by atoms with Crippen molar-refractivity contribution in [3.05, 3.63) is 29.8 Å². The second-order valence-electron chi connectivity index (χ2n) is 11.9. The second-order valence-corrected chi connectivity index (χ2v) is 13.0.